The predicted octanol–water partition coefficient (Wildman–Crippen LogP) is 2.91. The summed E-state index contributed by atoms with van der Waals surface area (Å²) in [6.07, 6.45) is 8.00. The largest absolute Gasteiger partial charge is 0.366 e. The molecule has 0 amide bonds. The highest BCUT2D eigenvalue weighted by molar-refractivity contribution is 6.28. The molecule has 1 aliphatic rings. The molecule has 2 atom stereocenters. The van der Waals surface area contributed by atoms with Gasteiger partial charge in [0.25, 0.3) is 0 Å². The third-order valence-electron chi connectivity index (χ3n) is 3.30. The summed E-state index contributed by atoms with van der Waals surface area (Å²) in [7, 11) is 0. The topological polar surface area (TPSA) is 50.7 Å². The SMILES string of the molecule is CCC1CCCCC1Nc1cnnc(Cl)n1. The number of hydrogen-bond donors (Lipinski definition) is 1. The van der Waals surface area contributed by atoms with E-state index in [1.807, 2.05) is 0 Å². The third kappa shape index (κ3) is 2.82. The molecule has 88 valence electrons. The molecule has 5 heteroatoms. The zero-order chi connectivity index (χ0) is 11.4. The Kier molecular flexibility index (Phi) is 3.93. The lowest BCUT2D eigenvalue weighted by Crippen LogP contribution is -2.32. The van der Waals surface area contributed by atoms with Gasteiger partial charge in [0.05, 0.1) is 6.20 Å². The van der Waals surface area contributed by atoms with Crippen LogP contribution >= 0.6 is 11.6 Å². The molecule has 1 aliphatic carbocycles. The van der Waals surface area contributed by atoms with Gasteiger partial charge in [0.2, 0.25) is 5.28 Å². The number of aromatic nitrogens is 3. The Morgan fingerprint density at radius 2 is 2.25 bits per heavy atom. The average Bonchev–Trinajstić information content (AvgIpc) is 2.30. The lowest BCUT2D eigenvalue weighted by molar-refractivity contribution is 0.316. The van der Waals surface area contributed by atoms with Crippen LogP contribution in [0.25, 0.3) is 0 Å². The zero-order valence-electron chi connectivity index (χ0n) is 9.49. The van der Waals surface area contributed by atoms with Crippen LogP contribution in [0.3, 0.4) is 0 Å². The minimum Gasteiger partial charge on any atom is -0.366 e. The van der Waals surface area contributed by atoms with Crippen LogP contribution in [0.1, 0.15) is 39.0 Å². The van der Waals surface area contributed by atoms with Gasteiger partial charge in [-0.05, 0) is 30.4 Å². The molecule has 16 heavy (non-hydrogen) atoms. The summed E-state index contributed by atoms with van der Waals surface area (Å²) in [6, 6.07) is 0.506. The van der Waals surface area contributed by atoms with Gasteiger partial charge in [0.1, 0.15) is 5.82 Å². The second-order valence-electron chi connectivity index (χ2n) is 4.31. The molecule has 0 spiro atoms. The van der Waals surface area contributed by atoms with Crippen LogP contribution in [0.15, 0.2) is 6.20 Å². The van der Waals surface area contributed by atoms with Crippen LogP contribution in [0, 0.1) is 5.92 Å². The Bertz CT molecular complexity index is 345. The first kappa shape index (κ1) is 11.6. The van der Waals surface area contributed by atoms with E-state index in [1.165, 1.54) is 32.1 Å². The third-order valence-corrected chi connectivity index (χ3v) is 3.46. The minimum atomic E-state index is 0.203. The molecule has 1 N–H and O–H groups in total. The smallest absolute Gasteiger partial charge is 0.244 e. The van der Waals surface area contributed by atoms with E-state index < -0.39 is 0 Å². The van der Waals surface area contributed by atoms with Gasteiger partial charge in [-0.1, -0.05) is 26.2 Å². The van der Waals surface area contributed by atoms with Crippen molar-refractivity contribution in [2.75, 3.05) is 5.32 Å². The highest BCUT2D eigenvalue weighted by Gasteiger charge is 2.23. The van der Waals surface area contributed by atoms with Crippen molar-refractivity contribution in [2.45, 2.75) is 45.1 Å². The van der Waals surface area contributed by atoms with Gasteiger partial charge < -0.3 is 5.32 Å². The first-order valence-corrected chi connectivity index (χ1v) is 6.29. The molecule has 1 saturated carbocycles. The summed E-state index contributed by atoms with van der Waals surface area (Å²) in [4.78, 5) is 4.12. The Labute approximate surface area is 101 Å². The highest BCUT2D eigenvalue weighted by atomic mass is 35.5. The molecule has 0 bridgehead atoms. The Morgan fingerprint density at radius 3 is 3.00 bits per heavy atom. The average molecular weight is 241 g/mol. The molecule has 2 rings (SSSR count). The van der Waals surface area contributed by atoms with Gasteiger partial charge >= 0.3 is 0 Å². The first-order chi connectivity index (χ1) is 7.79. The Balaban J connectivity index is 2.02. The monoisotopic (exact) mass is 240 g/mol. The van der Waals surface area contributed by atoms with E-state index in [2.05, 4.69) is 27.4 Å². The normalized spacial score (nSPS) is 25.4. The number of nitrogens with zero attached hydrogens (tertiary/aromatic N) is 3. The lowest BCUT2D eigenvalue weighted by Gasteiger charge is -2.31. The molecule has 1 heterocycles. The van der Waals surface area contributed by atoms with Crippen LogP contribution in [-0.4, -0.2) is 21.2 Å². The molecule has 1 aromatic rings. The van der Waals surface area contributed by atoms with E-state index in [-0.39, 0.29) is 5.28 Å². The number of hydrogen-bond acceptors (Lipinski definition) is 4. The molecule has 0 saturated heterocycles. The van der Waals surface area contributed by atoms with Crippen molar-refractivity contribution in [3.8, 4) is 0 Å². The zero-order valence-corrected chi connectivity index (χ0v) is 10.2. The van der Waals surface area contributed by atoms with Gasteiger partial charge in [-0.15, -0.1) is 5.10 Å². The van der Waals surface area contributed by atoms with Crippen LogP contribution in [-0.2, 0) is 0 Å². The summed E-state index contributed by atoms with van der Waals surface area (Å²) in [6.45, 7) is 2.25. The standard InChI is InChI=1S/C11H17ClN4/c1-2-8-5-3-4-6-9(8)14-10-7-13-16-11(12)15-10/h7-9H,2-6H2,1H3,(H,14,15,16). The van der Waals surface area contributed by atoms with E-state index in [9.17, 15) is 0 Å². The van der Waals surface area contributed by atoms with Crippen molar-refractivity contribution in [1.29, 1.82) is 0 Å². The molecule has 1 fully saturated rings. The van der Waals surface area contributed by atoms with E-state index in [4.69, 9.17) is 11.6 Å². The van der Waals surface area contributed by atoms with Gasteiger partial charge in [-0.25, -0.2) is 0 Å². The van der Waals surface area contributed by atoms with Gasteiger partial charge in [0.15, 0.2) is 0 Å². The highest BCUT2D eigenvalue weighted by Crippen LogP contribution is 2.28. The molecule has 0 aromatic carbocycles. The van der Waals surface area contributed by atoms with Gasteiger partial charge in [-0.3, -0.25) is 0 Å². The summed E-state index contributed by atoms with van der Waals surface area (Å²) in [5.41, 5.74) is 0. The fourth-order valence-electron chi connectivity index (χ4n) is 2.43. The summed E-state index contributed by atoms with van der Waals surface area (Å²) < 4.78 is 0. The molecular formula is C11H17ClN4. The van der Waals surface area contributed by atoms with Crippen molar-refractivity contribution in [1.82, 2.24) is 15.2 Å². The second kappa shape index (κ2) is 5.43. The fraction of sp³-hybridized carbons (Fsp3) is 0.727. The van der Waals surface area contributed by atoms with Crippen molar-refractivity contribution >= 4 is 17.4 Å². The molecule has 4 nitrogen and oxygen atoms in total. The summed E-state index contributed by atoms with van der Waals surface area (Å²) in [5, 5.41) is 11.1. The van der Waals surface area contributed by atoms with E-state index in [1.54, 1.807) is 6.20 Å². The van der Waals surface area contributed by atoms with Crippen LogP contribution in [0.5, 0.6) is 0 Å². The maximum absolute atomic E-state index is 5.71. The van der Waals surface area contributed by atoms with Gasteiger partial charge in [-0.2, -0.15) is 10.1 Å². The molecule has 2 unspecified atom stereocenters. The lowest BCUT2D eigenvalue weighted by atomic mass is 9.83. The molecule has 1 aromatic heterocycles. The number of nitrogens with one attached hydrogen (secondary N) is 1. The molecular weight excluding hydrogens is 224 g/mol. The quantitative estimate of drug-likeness (QED) is 0.883. The van der Waals surface area contributed by atoms with Crippen molar-refractivity contribution in [2.24, 2.45) is 5.92 Å². The van der Waals surface area contributed by atoms with E-state index in [0.29, 0.717) is 6.04 Å². The van der Waals surface area contributed by atoms with Crippen LogP contribution < -0.4 is 5.32 Å². The summed E-state index contributed by atoms with van der Waals surface area (Å²) >= 11 is 5.71. The summed E-state index contributed by atoms with van der Waals surface area (Å²) in [5.74, 6) is 1.48. The molecule has 0 aliphatic heterocycles. The maximum Gasteiger partial charge on any atom is 0.244 e. The van der Waals surface area contributed by atoms with Crippen LogP contribution in [0.2, 0.25) is 5.28 Å². The van der Waals surface area contributed by atoms with Crippen molar-refractivity contribution in [3.63, 3.8) is 0 Å². The second-order valence-corrected chi connectivity index (χ2v) is 4.65. The number of anilines is 1. The van der Waals surface area contributed by atoms with Crippen LogP contribution in [0.4, 0.5) is 5.82 Å². The van der Waals surface area contributed by atoms with Gasteiger partial charge in [0, 0.05) is 6.04 Å². The van der Waals surface area contributed by atoms with Crippen molar-refractivity contribution in [3.05, 3.63) is 11.5 Å². The maximum atomic E-state index is 5.71. The van der Waals surface area contributed by atoms with Crippen molar-refractivity contribution < 1.29 is 0 Å². The number of halogens is 1. The first-order valence-electron chi connectivity index (χ1n) is 5.91. The van der Waals surface area contributed by atoms with E-state index >= 15 is 0 Å². The Morgan fingerprint density at radius 1 is 1.44 bits per heavy atom. The molecule has 0 radical (unpaired) electrons. The Hall–Kier alpha value is -0.900. The minimum absolute atomic E-state index is 0.203. The van der Waals surface area contributed by atoms with E-state index in [0.717, 1.165) is 11.7 Å². The number of rotatable bonds is 3. The fourth-order valence-corrected chi connectivity index (χ4v) is 2.56. The predicted molar refractivity (Wildman–Crippen MR) is 64.5 cm³/mol.